The van der Waals surface area contributed by atoms with Gasteiger partial charge in [-0.25, -0.2) is 20.1 Å². The molecule has 0 aromatic heterocycles. The Kier molecular flexibility index (Phi) is 35.7. The van der Waals surface area contributed by atoms with Crippen LogP contribution in [0.4, 0.5) is 0 Å². The highest BCUT2D eigenvalue weighted by Crippen LogP contribution is 2.32. The number of aromatic carboxylic acids is 2. The molecule has 40 nitrogen and oxygen atoms in total. The Morgan fingerprint density at radius 2 is 0.879 bits per heavy atom. The molecule has 1 aliphatic rings. The SMILES string of the molecule is CC(C)(CO)CO.CC1(C)COC(c2ccc(O)c(C(=O)O)c2)OC1.O=Cc1ccc(O)c(C(=O)O)c1.OOOOOOOOOOOOOOOOOOOOOOOOOOOOO. The van der Waals surface area contributed by atoms with Gasteiger partial charge < -0.3 is 40.1 Å². The van der Waals surface area contributed by atoms with Crippen molar-refractivity contribution in [3.8, 4) is 11.5 Å². The smallest absolute Gasteiger partial charge is 0.339 e. The maximum absolute atomic E-state index is 10.9. The number of carbonyl (C=O) groups is 3. The van der Waals surface area contributed by atoms with Crippen LogP contribution in [0.2, 0.25) is 0 Å². The predicted molar refractivity (Wildman–Crippen MR) is 166 cm³/mol. The number of aldehydes is 1. The molecule has 0 unspecified atom stereocenters. The van der Waals surface area contributed by atoms with Gasteiger partial charge in [0.2, 0.25) is 0 Å². The Labute approximate surface area is 361 Å². The number of carboxylic acid groups (broad SMARTS) is 2. The third-order valence-corrected chi connectivity index (χ3v) is 5.74. The summed E-state index contributed by atoms with van der Waals surface area (Å²) in [5.41, 5.74) is 0.0679. The second-order valence-corrected chi connectivity index (χ2v) is 11.7. The van der Waals surface area contributed by atoms with E-state index in [4.69, 9.17) is 45.5 Å². The maximum atomic E-state index is 10.9. The lowest BCUT2D eigenvalue weighted by Gasteiger charge is -2.34. The number of ether oxygens (including phenoxy) is 2. The molecule has 1 saturated heterocycles. The maximum Gasteiger partial charge on any atom is 0.339 e. The van der Waals surface area contributed by atoms with Crippen molar-refractivity contribution in [1.29, 1.82) is 0 Å². The monoisotopic (exact) mass is 988 g/mol. The summed E-state index contributed by atoms with van der Waals surface area (Å²) in [4.78, 5) is 31.6. The molecule has 1 aliphatic heterocycles. The molecular formula is C26H36O40. The van der Waals surface area contributed by atoms with Crippen molar-refractivity contribution in [2.24, 2.45) is 10.8 Å². The van der Waals surface area contributed by atoms with Gasteiger partial charge in [0.15, 0.2) is 6.29 Å². The standard InChI is InChI=1S/C13H16O5.C8H6O4.C5H12O2.H2O29/c1-13(2)6-17-12(18-7-13)8-3-4-10(14)9(5-8)11(15)16;9-4-5-1-2-7(10)6(3-5)8(11)12;1-5(2,3-6)4-7;1-3-5-7-9-11-13-15-17-19-21-23-25-27-29-28-26-24-22-20-18-16-14-12-10-8-6-4-2/h3-5,12,14H,6-7H2,1-2H3,(H,15,16);1-4,10H,(H,11,12);6-7H,3-4H2,1-2H3;1-2H. The van der Waals surface area contributed by atoms with Crippen LogP contribution in [-0.2, 0) is 146 Å². The molecule has 8 N–H and O–H groups in total. The van der Waals surface area contributed by atoms with Gasteiger partial charge in [0.25, 0.3) is 0 Å². The molecule has 0 radical (unpaired) electrons. The number of hydrogen-bond acceptors (Lipinski definition) is 38. The van der Waals surface area contributed by atoms with Gasteiger partial charge in [-0.05, 0) is 111 Å². The fourth-order valence-electron chi connectivity index (χ4n) is 2.89. The van der Waals surface area contributed by atoms with Gasteiger partial charge in [-0.1, -0.05) is 33.8 Å². The second-order valence-electron chi connectivity index (χ2n) is 11.7. The zero-order valence-electron chi connectivity index (χ0n) is 33.1. The highest BCUT2D eigenvalue weighted by Gasteiger charge is 2.30. The minimum Gasteiger partial charge on any atom is -0.507 e. The first-order chi connectivity index (χ1) is 31.6. The first kappa shape index (κ1) is 61.3. The predicted octanol–water partition coefficient (Wildman–Crippen LogP) is 1.23. The normalized spacial score (nSPS) is 13.3. The molecule has 40 heteroatoms. The lowest BCUT2D eigenvalue weighted by molar-refractivity contribution is -0.904. The first-order valence-corrected chi connectivity index (χ1v) is 15.9. The summed E-state index contributed by atoms with van der Waals surface area (Å²) < 4.78 is 11.1. The van der Waals surface area contributed by atoms with Gasteiger partial charge >= 0.3 is 11.9 Å². The molecule has 1 heterocycles. The molecule has 380 valence electrons. The van der Waals surface area contributed by atoms with Crippen LogP contribution in [0.1, 0.15) is 70.6 Å². The molecule has 0 bridgehead atoms. The summed E-state index contributed by atoms with van der Waals surface area (Å²) in [5.74, 6) is -3.03. The van der Waals surface area contributed by atoms with E-state index in [0.717, 1.165) is 6.07 Å². The number of rotatable bonds is 32. The lowest BCUT2D eigenvalue weighted by Crippen LogP contribution is -2.33. The summed E-state index contributed by atoms with van der Waals surface area (Å²) in [6.45, 7) is 8.83. The quantitative estimate of drug-likeness (QED) is 0.0221. The zero-order valence-corrected chi connectivity index (χ0v) is 33.1. The summed E-state index contributed by atoms with van der Waals surface area (Å²) in [5, 5.41) is 159. The van der Waals surface area contributed by atoms with E-state index in [1.807, 2.05) is 13.8 Å². The summed E-state index contributed by atoms with van der Waals surface area (Å²) in [7, 11) is 0. The van der Waals surface area contributed by atoms with E-state index in [9.17, 15) is 19.5 Å². The van der Waals surface area contributed by atoms with Crippen molar-refractivity contribution in [1.82, 2.24) is 0 Å². The number of hydrogen-bond donors (Lipinski definition) is 8. The molecule has 66 heavy (non-hydrogen) atoms. The highest BCUT2D eigenvalue weighted by atomic mass is 18.0. The number of phenols is 2. The average Bonchev–Trinajstić information content (AvgIpc) is 3.30. The molecule has 0 amide bonds. The highest BCUT2D eigenvalue weighted by molar-refractivity contribution is 5.93. The average molecular weight is 989 g/mol. The van der Waals surface area contributed by atoms with E-state index >= 15 is 0 Å². The number of carboxylic acids is 2. The Morgan fingerprint density at radius 1 is 0.576 bits per heavy atom. The molecule has 2 aromatic carbocycles. The van der Waals surface area contributed by atoms with Crippen molar-refractivity contribution in [3.05, 3.63) is 58.7 Å². The molecule has 0 aliphatic carbocycles. The first-order valence-electron chi connectivity index (χ1n) is 15.9. The summed E-state index contributed by atoms with van der Waals surface area (Å²) in [6, 6.07) is 7.95. The number of carbonyl (C=O) groups excluding carboxylic acids is 1. The van der Waals surface area contributed by atoms with Gasteiger partial charge in [-0.2, -0.15) is 0 Å². The minimum absolute atomic E-state index is 0.0386. The molecule has 3 rings (SSSR count). The Balaban J connectivity index is 0.000000960. The Hall–Kier alpha value is -4.67. The molecule has 0 spiro atoms. The largest absolute Gasteiger partial charge is 0.507 e. The van der Waals surface area contributed by atoms with E-state index in [2.05, 4.69) is 136 Å². The fourth-order valence-corrected chi connectivity index (χ4v) is 2.89. The van der Waals surface area contributed by atoms with Crippen LogP contribution in [-0.4, -0.2) is 85.8 Å². The van der Waals surface area contributed by atoms with Crippen molar-refractivity contribution < 1.29 is 201 Å². The van der Waals surface area contributed by atoms with E-state index in [1.165, 1.54) is 24.3 Å². The molecule has 0 saturated carbocycles. The van der Waals surface area contributed by atoms with Crippen molar-refractivity contribution >= 4 is 18.2 Å². The van der Waals surface area contributed by atoms with E-state index in [0.29, 0.717) is 25.1 Å². The van der Waals surface area contributed by atoms with Crippen molar-refractivity contribution in [2.75, 3.05) is 26.4 Å². The third kappa shape index (κ3) is 32.1. The lowest BCUT2D eigenvalue weighted by atomic mass is 9.95. The van der Waals surface area contributed by atoms with E-state index in [-0.39, 0.29) is 52.2 Å². The van der Waals surface area contributed by atoms with Gasteiger partial charge in [0.1, 0.15) is 28.9 Å². The van der Waals surface area contributed by atoms with E-state index in [1.54, 1.807) is 19.9 Å². The summed E-state index contributed by atoms with van der Waals surface area (Å²) in [6.07, 6.45) is -0.0528. The molecule has 2 aromatic rings. The zero-order chi connectivity index (χ0) is 49.5. The van der Waals surface area contributed by atoms with E-state index < -0.39 is 18.2 Å². The molecule has 1 fully saturated rings. The molecule has 0 atom stereocenters. The van der Waals surface area contributed by atoms with Crippen LogP contribution >= 0.6 is 0 Å². The van der Waals surface area contributed by atoms with Crippen LogP contribution in [0.25, 0.3) is 0 Å². The minimum atomic E-state index is -1.25. The van der Waals surface area contributed by atoms with Gasteiger partial charge in [0, 0.05) is 77.4 Å². The van der Waals surface area contributed by atoms with Crippen LogP contribution in [0, 0.1) is 10.8 Å². The Morgan fingerprint density at radius 3 is 1.15 bits per heavy atom. The van der Waals surface area contributed by atoms with Crippen LogP contribution < -0.4 is 0 Å². The van der Waals surface area contributed by atoms with Gasteiger partial charge in [-0.15, -0.1) is 0 Å². The van der Waals surface area contributed by atoms with Crippen molar-refractivity contribution in [2.45, 2.75) is 34.0 Å². The number of aliphatic hydroxyl groups excluding tert-OH is 2. The van der Waals surface area contributed by atoms with Gasteiger partial charge in [-0.3, -0.25) is 4.79 Å². The van der Waals surface area contributed by atoms with Crippen LogP contribution in [0.3, 0.4) is 0 Å². The fraction of sp³-hybridized carbons (Fsp3) is 0.423. The topological polar surface area (TPSA) is 481 Å². The number of aliphatic hydroxyl groups is 2. The number of benzene rings is 2. The third-order valence-electron chi connectivity index (χ3n) is 5.74. The van der Waals surface area contributed by atoms with Crippen LogP contribution in [0.15, 0.2) is 36.4 Å². The van der Waals surface area contributed by atoms with Crippen LogP contribution in [0.5, 0.6) is 11.5 Å². The second kappa shape index (κ2) is 38.4. The summed E-state index contributed by atoms with van der Waals surface area (Å²) >= 11 is 0. The number of aromatic hydroxyl groups is 2. The Bertz CT molecular complexity index is 1500. The van der Waals surface area contributed by atoms with Gasteiger partial charge in [0.05, 0.1) is 26.4 Å². The molecular weight excluding hydrogens is 952 g/mol. The van der Waals surface area contributed by atoms with Crippen molar-refractivity contribution in [3.63, 3.8) is 0 Å².